The molecule has 0 aromatic heterocycles. The second-order valence-electron chi connectivity index (χ2n) is 7.27. The molecule has 0 atom stereocenters. The van der Waals surface area contributed by atoms with Gasteiger partial charge in [-0.1, -0.05) is 6.08 Å². The summed E-state index contributed by atoms with van der Waals surface area (Å²) >= 11 is 0. The third-order valence-electron chi connectivity index (χ3n) is 5.59. The lowest BCUT2D eigenvalue weighted by atomic mass is 9.98. The summed E-state index contributed by atoms with van der Waals surface area (Å²) in [6.07, 6.45) is 6.59. The summed E-state index contributed by atoms with van der Waals surface area (Å²) in [4.78, 5) is 2.38. The molecule has 2 aromatic carbocycles. The number of allylic oxidation sites excluding steroid dienone is 1. The molecule has 2 aliphatic heterocycles. The fourth-order valence-electron chi connectivity index (χ4n) is 4.00. The minimum atomic E-state index is 0. The van der Waals surface area contributed by atoms with Gasteiger partial charge < -0.3 is 23.7 Å². The van der Waals surface area contributed by atoms with E-state index >= 15 is 0 Å². The molecule has 0 radical (unpaired) electrons. The summed E-state index contributed by atoms with van der Waals surface area (Å²) in [6, 6.07) is 8.13. The maximum absolute atomic E-state index is 6.00. The van der Waals surface area contributed by atoms with Crippen LogP contribution in [0.5, 0.6) is 23.0 Å². The van der Waals surface area contributed by atoms with E-state index in [-0.39, 0.29) is 12.4 Å². The van der Waals surface area contributed by atoms with Gasteiger partial charge in [-0.15, -0.1) is 12.4 Å². The lowest BCUT2D eigenvalue weighted by Gasteiger charge is -2.29. The molecule has 0 bridgehead atoms. The normalized spacial score (nSPS) is 14.8. The van der Waals surface area contributed by atoms with Gasteiger partial charge in [0.25, 0.3) is 0 Å². The van der Waals surface area contributed by atoms with Gasteiger partial charge in [0.05, 0.1) is 41.2 Å². The Labute approximate surface area is 188 Å². The Morgan fingerprint density at radius 2 is 1.45 bits per heavy atom. The van der Waals surface area contributed by atoms with E-state index in [0.717, 1.165) is 47.2 Å². The Balaban J connectivity index is 0.00000272. The van der Waals surface area contributed by atoms with Crippen molar-refractivity contribution in [3.05, 3.63) is 58.2 Å². The van der Waals surface area contributed by atoms with Gasteiger partial charge in [-0.05, 0) is 53.1 Å². The molecule has 4 rings (SSSR count). The van der Waals surface area contributed by atoms with Crippen molar-refractivity contribution in [3.8, 4) is 23.0 Å². The molecule has 0 saturated heterocycles. The Hall–Kier alpha value is -2.83. The van der Waals surface area contributed by atoms with E-state index in [1.54, 1.807) is 34.7 Å². The quantitative estimate of drug-likeness (QED) is 0.681. The highest BCUT2D eigenvalue weighted by molar-refractivity contribution is 5.85. The summed E-state index contributed by atoms with van der Waals surface area (Å²) in [6.45, 7) is 2.44. The van der Waals surface area contributed by atoms with Crippen LogP contribution in [-0.4, -0.2) is 46.4 Å². The smallest absolute Gasteiger partial charge is 0.161 e. The standard InChI is InChI=1S/C24H27NO5.ClH/c1-26-20-10-16-7-8-25(14-18(16)12-22(20)28-3)15-24-19-13-23(29-4)21(27-2)11-17(19)6-5-9-30-24;/h5-6,9-13H,7-8,14-15H2,1-4H3;1H. The van der Waals surface area contributed by atoms with E-state index in [9.17, 15) is 0 Å². The third kappa shape index (κ3) is 4.60. The highest BCUT2D eigenvalue weighted by Gasteiger charge is 2.21. The van der Waals surface area contributed by atoms with Crippen LogP contribution >= 0.6 is 12.4 Å². The van der Waals surface area contributed by atoms with Gasteiger partial charge in [-0.2, -0.15) is 0 Å². The zero-order chi connectivity index (χ0) is 21.1. The largest absolute Gasteiger partial charge is 0.493 e. The van der Waals surface area contributed by atoms with Crippen LogP contribution in [0.3, 0.4) is 0 Å². The van der Waals surface area contributed by atoms with Gasteiger partial charge in [0.2, 0.25) is 0 Å². The summed E-state index contributed by atoms with van der Waals surface area (Å²) < 4.78 is 27.9. The molecule has 0 amide bonds. The first-order valence-electron chi connectivity index (χ1n) is 9.91. The highest BCUT2D eigenvalue weighted by atomic mass is 35.5. The molecule has 0 saturated carbocycles. The van der Waals surface area contributed by atoms with Gasteiger partial charge >= 0.3 is 0 Å². The van der Waals surface area contributed by atoms with E-state index in [0.29, 0.717) is 18.0 Å². The van der Waals surface area contributed by atoms with Crippen LogP contribution in [0.4, 0.5) is 0 Å². The number of nitrogens with zero attached hydrogens (tertiary/aromatic N) is 1. The average Bonchev–Trinajstić information content (AvgIpc) is 2.98. The molecule has 0 unspecified atom stereocenters. The van der Waals surface area contributed by atoms with Crippen molar-refractivity contribution in [1.82, 2.24) is 4.90 Å². The first kappa shape index (κ1) is 22.8. The van der Waals surface area contributed by atoms with Crippen LogP contribution in [0, 0.1) is 0 Å². The molecule has 2 aliphatic rings. The van der Waals surface area contributed by atoms with E-state index in [1.165, 1.54) is 11.1 Å². The van der Waals surface area contributed by atoms with Crippen LogP contribution in [0.25, 0.3) is 11.8 Å². The maximum Gasteiger partial charge on any atom is 0.161 e. The van der Waals surface area contributed by atoms with Crippen molar-refractivity contribution in [3.63, 3.8) is 0 Å². The Morgan fingerprint density at radius 1 is 0.839 bits per heavy atom. The molecular formula is C24H28ClNO5. The summed E-state index contributed by atoms with van der Waals surface area (Å²) in [5.74, 6) is 3.82. The third-order valence-corrected chi connectivity index (χ3v) is 5.59. The van der Waals surface area contributed by atoms with E-state index in [1.807, 2.05) is 24.3 Å². The van der Waals surface area contributed by atoms with E-state index in [2.05, 4.69) is 17.0 Å². The van der Waals surface area contributed by atoms with Gasteiger partial charge in [-0.25, -0.2) is 0 Å². The van der Waals surface area contributed by atoms with Gasteiger partial charge in [0, 0.05) is 18.3 Å². The number of methoxy groups -OCH3 is 4. The Kier molecular flexibility index (Phi) is 7.36. The number of halogens is 1. The predicted molar refractivity (Wildman–Crippen MR) is 123 cm³/mol. The van der Waals surface area contributed by atoms with Crippen LogP contribution in [-0.2, 0) is 17.7 Å². The number of benzene rings is 2. The molecule has 7 heteroatoms. The minimum absolute atomic E-state index is 0. The molecule has 166 valence electrons. The van der Waals surface area contributed by atoms with Crippen LogP contribution in [0.2, 0.25) is 0 Å². The molecule has 31 heavy (non-hydrogen) atoms. The number of rotatable bonds is 6. The molecular weight excluding hydrogens is 418 g/mol. The number of ether oxygens (including phenoxy) is 5. The summed E-state index contributed by atoms with van der Waals surface area (Å²) in [5, 5.41) is 2.05. The summed E-state index contributed by atoms with van der Waals surface area (Å²) in [7, 11) is 6.63. The van der Waals surface area contributed by atoms with Crippen molar-refractivity contribution < 1.29 is 23.7 Å². The van der Waals surface area contributed by atoms with Crippen LogP contribution < -0.4 is 29.4 Å². The van der Waals surface area contributed by atoms with Crippen molar-refractivity contribution in [2.24, 2.45) is 0 Å². The first-order chi connectivity index (χ1) is 14.7. The fraction of sp³-hybridized carbons (Fsp3) is 0.333. The maximum atomic E-state index is 6.00. The van der Waals surface area contributed by atoms with Crippen molar-refractivity contribution in [2.75, 3.05) is 41.5 Å². The number of fused-ring (bicyclic) bond motifs is 2. The fourth-order valence-corrected chi connectivity index (χ4v) is 4.00. The summed E-state index contributed by atoms with van der Waals surface area (Å²) in [5.41, 5.74) is 2.55. The highest BCUT2D eigenvalue weighted by Crippen LogP contribution is 2.33. The van der Waals surface area contributed by atoms with Gasteiger partial charge in [0.1, 0.15) is 5.76 Å². The zero-order valence-electron chi connectivity index (χ0n) is 18.3. The van der Waals surface area contributed by atoms with E-state index < -0.39 is 0 Å². The van der Waals surface area contributed by atoms with Crippen molar-refractivity contribution in [1.29, 1.82) is 0 Å². The first-order valence-corrected chi connectivity index (χ1v) is 9.91. The molecule has 0 aliphatic carbocycles. The lowest BCUT2D eigenvalue weighted by molar-refractivity contribution is 0.255. The molecule has 0 N–H and O–H groups in total. The minimum Gasteiger partial charge on any atom is -0.493 e. The van der Waals surface area contributed by atoms with Crippen molar-refractivity contribution >= 4 is 24.2 Å². The molecule has 2 heterocycles. The topological polar surface area (TPSA) is 49.4 Å². The van der Waals surface area contributed by atoms with Crippen molar-refractivity contribution in [2.45, 2.75) is 13.0 Å². The predicted octanol–water partition coefficient (Wildman–Crippen LogP) is 2.63. The number of hydrogen-bond acceptors (Lipinski definition) is 6. The molecule has 2 aromatic rings. The SMILES string of the molecule is COc1cc2c(cc1OC)CN(CC1=c3cc(OC)c(OC)cc3=CC=CO1)CC2.Cl. The lowest BCUT2D eigenvalue weighted by Crippen LogP contribution is -2.36. The average molecular weight is 446 g/mol. The van der Waals surface area contributed by atoms with Crippen LogP contribution in [0.1, 0.15) is 11.1 Å². The Morgan fingerprint density at radius 3 is 2.13 bits per heavy atom. The molecule has 6 nitrogen and oxygen atoms in total. The van der Waals surface area contributed by atoms with E-state index in [4.69, 9.17) is 23.7 Å². The zero-order valence-corrected chi connectivity index (χ0v) is 19.1. The monoisotopic (exact) mass is 445 g/mol. The van der Waals surface area contributed by atoms with Crippen LogP contribution in [0.15, 0.2) is 36.6 Å². The molecule has 0 spiro atoms. The Bertz CT molecular complexity index is 1100. The number of hydrogen-bond donors (Lipinski definition) is 0. The van der Waals surface area contributed by atoms with Gasteiger partial charge in [0.15, 0.2) is 23.0 Å². The van der Waals surface area contributed by atoms with Gasteiger partial charge in [-0.3, -0.25) is 4.90 Å². The second kappa shape index (κ2) is 9.98. The second-order valence-corrected chi connectivity index (χ2v) is 7.27. The molecule has 0 fully saturated rings.